The number of aryl methyl sites for hydroxylation is 1. The lowest BCUT2D eigenvalue weighted by molar-refractivity contribution is -0.288. The average molecular weight is 578 g/mol. The van der Waals surface area contributed by atoms with Crippen molar-refractivity contribution in [1.82, 2.24) is 9.13 Å². The Morgan fingerprint density at radius 1 is 0.610 bits per heavy atom. The van der Waals surface area contributed by atoms with E-state index in [-0.39, 0.29) is 27.0 Å². The van der Waals surface area contributed by atoms with Crippen molar-refractivity contribution in [2.24, 2.45) is 7.05 Å². The first-order valence-electron chi connectivity index (χ1n) is 11.6. The molecule has 41 heavy (non-hydrogen) atoms. The highest BCUT2D eigenvalue weighted by Gasteiger charge is 2.72. The molecule has 0 fully saturated rings. The Kier molecular flexibility index (Phi) is 5.78. The van der Waals surface area contributed by atoms with E-state index < -0.39 is 79.1 Å². The average Bonchev–Trinajstić information content (AvgIpc) is 3.24. The van der Waals surface area contributed by atoms with E-state index in [9.17, 15) is 55.7 Å². The summed E-state index contributed by atoms with van der Waals surface area (Å²) in [5.74, 6) is -1.55. The largest absolute Gasteiger partial charge is 0.508 e. The second-order valence-electron chi connectivity index (χ2n) is 9.51. The van der Waals surface area contributed by atoms with Gasteiger partial charge in [0.1, 0.15) is 11.5 Å². The van der Waals surface area contributed by atoms with Crippen molar-refractivity contribution >= 4 is 21.5 Å². The molecule has 2 aromatic heterocycles. The van der Waals surface area contributed by atoms with Gasteiger partial charge in [-0.25, -0.2) is 4.57 Å². The Hall–Kier alpha value is -4.88. The van der Waals surface area contributed by atoms with E-state index in [1.165, 1.54) is 7.05 Å². The lowest BCUT2D eigenvalue weighted by Crippen LogP contribution is -2.54. The number of phenols is 2. The van der Waals surface area contributed by atoms with Gasteiger partial charge in [-0.3, -0.25) is 23.7 Å². The SMILES string of the molecule is Cc1cc(C(c2ccc(O)c(-n3c(=O)c4cc5c(=O)n(C)c(=O)c5cc4c3=O)c2)(C(F)(F)F)C(F)(F)F)ccc1O. The molecule has 2 heterocycles. The number of alkyl halides is 6. The summed E-state index contributed by atoms with van der Waals surface area (Å²) in [5.41, 5.74) is -12.9. The fourth-order valence-corrected chi connectivity index (χ4v) is 5.12. The maximum absolute atomic E-state index is 14.6. The summed E-state index contributed by atoms with van der Waals surface area (Å²) in [7, 11) is 1.17. The van der Waals surface area contributed by atoms with Gasteiger partial charge < -0.3 is 10.2 Å². The molecule has 8 nitrogen and oxygen atoms in total. The highest BCUT2D eigenvalue weighted by atomic mass is 19.4. The van der Waals surface area contributed by atoms with Crippen LogP contribution in [0.15, 0.2) is 67.7 Å². The Morgan fingerprint density at radius 3 is 1.46 bits per heavy atom. The molecule has 0 unspecified atom stereocenters. The van der Waals surface area contributed by atoms with Gasteiger partial charge >= 0.3 is 12.4 Å². The van der Waals surface area contributed by atoms with E-state index in [1.54, 1.807) is 0 Å². The smallest absolute Gasteiger partial charge is 0.411 e. The van der Waals surface area contributed by atoms with Crippen molar-refractivity contribution in [2.75, 3.05) is 0 Å². The molecule has 3 aromatic carbocycles. The first-order valence-corrected chi connectivity index (χ1v) is 11.6. The first-order chi connectivity index (χ1) is 18.9. The van der Waals surface area contributed by atoms with Crippen LogP contribution in [0.4, 0.5) is 26.3 Å². The Labute approximate surface area is 223 Å². The van der Waals surface area contributed by atoms with Gasteiger partial charge in [0, 0.05) is 7.05 Å². The van der Waals surface area contributed by atoms with Gasteiger partial charge in [0.25, 0.3) is 22.2 Å². The van der Waals surface area contributed by atoms with E-state index in [4.69, 9.17) is 0 Å². The van der Waals surface area contributed by atoms with Gasteiger partial charge in [0.05, 0.1) is 27.2 Å². The molecule has 5 aromatic rings. The van der Waals surface area contributed by atoms with E-state index >= 15 is 0 Å². The molecule has 2 N–H and O–H groups in total. The minimum Gasteiger partial charge on any atom is -0.508 e. The highest BCUT2D eigenvalue weighted by Crippen LogP contribution is 2.57. The topological polar surface area (TPSA) is 119 Å². The summed E-state index contributed by atoms with van der Waals surface area (Å²) >= 11 is 0. The summed E-state index contributed by atoms with van der Waals surface area (Å²) in [6, 6.07) is 4.58. The zero-order valence-corrected chi connectivity index (χ0v) is 20.8. The number of rotatable bonds is 3. The van der Waals surface area contributed by atoms with Crippen LogP contribution in [-0.4, -0.2) is 31.7 Å². The van der Waals surface area contributed by atoms with Crippen LogP contribution in [0.5, 0.6) is 11.5 Å². The molecule has 0 atom stereocenters. The molecule has 0 bridgehead atoms. The molecule has 5 rings (SSSR count). The zero-order chi connectivity index (χ0) is 30.4. The van der Waals surface area contributed by atoms with E-state index in [2.05, 4.69) is 0 Å². The first kappa shape index (κ1) is 27.7. The lowest BCUT2D eigenvalue weighted by atomic mass is 9.72. The molecule has 0 saturated heterocycles. The highest BCUT2D eigenvalue weighted by molar-refractivity contribution is 5.98. The number of aromatic hydroxyl groups is 2. The van der Waals surface area contributed by atoms with E-state index in [1.807, 2.05) is 0 Å². The third-order valence-electron chi connectivity index (χ3n) is 7.22. The molecule has 0 aliphatic heterocycles. The van der Waals surface area contributed by atoms with E-state index in [0.717, 1.165) is 23.6 Å². The van der Waals surface area contributed by atoms with Crippen molar-refractivity contribution in [2.45, 2.75) is 24.7 Å². The molecule has 0 aliphatic rings. The predicted octanol–water partition coefficient (Wildman–Crippen LogP) is 3.57. The fourth-order valence-electron chi connectivity index (χ4n) is 5.12. The molecule has 14 heteroatoms. The van der Waals surface area contributed by atoms with Crippen LogP contribution < -0.4 is 22.2 Å². The molecular weight excluding hydrogens is 562 g/mol. The summed E-state index contributed by atoms with van der Waals surface area (Å²) in [6.45, 7) is 1.10. The maximum Gasteiger partial charge on any atom is 0.411 e. The van der Waals surface area contributed by atoms with Gasteiger partial charge in [-0.2, -0.15) is 26.3 Å². The number of halogens is 6. The van der Waals surface area contributed by atoms with Crippen LogP contribution in [-0.2, 0) is 12.5 Å². The molecule has 0 spiro atoms. The van der Waals surface area contributed by atoms with Crippen LogP contribution in [0.1, 0.15) is 16.7 Å². The second-order valence-corrected chi connectivity index (χ2v) is 9.51. The third-order valence-corrected chi connectivity index (χ3v) is 7.22. The third kappa shape index (κ3) is 3.62. The van der Waals surface area contributed by atoms with Gasteiger partial charge in [0.2, 0.25) is 5.41 Å². The standard InChI is InChI=1S/C27H16F6N2O6/c1-11-7-12(3-5-19(11)36)25(26(28,29)30,27(31,32)33)13-4-6-20(37)18(8-13)35-23(40)16-9-14-15(10-17(16)24(35)41)22(39)34(2)21(14)38/h3-10,36-37H,1-2H3. The molecule has 0 aliphatic carbocycles. The number of phenolic OH excluding ortho intramolecular Hbond substituents is 2. The maximum atomic E-state index is 14.6. The number of aromatic nitrogens is 2. The number of fused-ring (bicyclic) bond motifs is 2. The van der Waals surface area contributed by atoms with Crippen molar-refractivity contribution in [3.05, 3.63) is 107 Å². The summed E-state index contributed by atoms with van der Waals surface area (Å²) < 4.78 is 88.7. The lowest BCUT2D eigenvalue weighted by Gasteiger charge is -2.38. The van der Waals surface area contributed by atoms with Crippen molar-refractivity contribution in [1.29, 1.82) is 0 Å². The summed E-state index contributed by atoms with van der Waals surface area (Å²) in [5, 5.41) is 18.9. The number of nitrogens with zero attached hydrogens (tertiary/aromatic N) is 2. The zero-order valence-electron chi connectivity index (χ0n) is 20.8. The molecule has 212 valence electrons. The summed E-state index contributed by atoms with van der Waals surface area (Å²) in [4.78, 5) is 51.2. The molecule has 0 radical (unpaired) electrons. The molecule has 0 saturated carbocycles. The van der Waals surface area contributed by atoms with Gasteiger partial charge in [-0.1, -0.05) is 18.2 Å². The fraction of sp³-hybridized carbons (Fsp3) is 0.185. The van der Waals surface area contributed by atoms with Crippen molar-refractivity contribution in [3.63, 3.8) is 0 Å². The Bertz CT molecular complexity index is 2020. The van der Waals surface area contributed by atoms with Crippen LogP contribution in [0.25, 0.3) is 27.2 Å². The molecule has 0 amide bonds. The Balaban J connectivity index is 1.88. The normalized spacial score (nSPS) is 13.0. The number of hydrogen-bond donors (Lipinski definition) is 2. The van der Waals surface area contributed by atoms with Crippen molar-refractivity contribution in [3.8, 4) is 17.2 Å². The number of benzene rings is 3. The Morgan fingerprint density at radius 2 is 1.02 bits per heavy atom. The summed E-state index contributed by atoms with van der Waals surface area (Å²) in [6.07, 6.45) is -12.1. The van der Waals surface area contributed by atoms with Crippen LogP contribution >= 0.6 is 0 Å². The minimum atomic E-state index is -6.04. The predicted molar refractivity (Wildman–Crippen MR) is 135 cm³/mol. The van der Waals surface area contributed by atoms with Crippen molar-refractivity contribution < 1.29 is 36.6 Å². The van der Waals surface area contributed by atoms with Crippen LogP contribution in [0.3, 0.4) is 0 Å². The quantitative estimate of drug-likeness (QED) is 0.316. The van der Waals surface area contributed by atoms with E-state index in [0.29, 0.717) is 30.3 Å². The van der Waals surface area contributed by atoms with Gasteiger partial charge in [-0.05, 0) is 53.9 Å². The second kappa shape index (κ2) is 8.56. The van der Waals surface area contributed by atoms with Gasteiger partial charge in [0.15, 0.2) is 0 Å². The molecular formula is C27H16F6N2O6. The van der Waals surface area contributed by atoms with Gasteiger partial charge in [-0.15, -0.1) is 0 Å². The van der Waals surface area contributed by atoms with Crippen LogP contribution in [0.2, 0.25) is 0 Å². The monoisotopic (exact) mass is 578 g/mol. The minimum absolute atomic E-state index is 0.177. The van der Waals surface area contributed by atoms with Crippen LogP contribution in [0, 0.1) is 6.92 Å². The number of hydrogen-bond acceptors (Lipinski definition) is 6.